The normalized spacial score (nSPS) is 15.9. The van der Waals surface area contributed by atoms with E-state index in [1.165, 1.54) is 12.7 Å². The van der Waals surface area contributed by atoms with E-state index in [-0.39, 0.29) is 17.9 Å². The number of esters is 1. The van der Waals surface area contributed by atoms with E-state index >= 15 is 0 Å². The average Bonchev–Trinajstić information content (AvgIpc) is 2.59. The van der Waals surface area contributed by atoms with Crippen LogP contribution in [-0.2, 0) is 9.53 Å². The third kappa shape index (κ3) is 5.36. The quantitative estimate of drug-likeness (QED) is 0.420. The molecule has 0 amide bonds. The van der Waals surface area contributed by atoms with Crippen molar-refractivity contribution in [1.29, 1.82) is 5.26 Å². The van der Waals surface area contributed by atoms with E-state index in [4.69, 9.17) is 10.00 Å². The largest absolute Gasteiger partial charge is 0.468 e. The summed E-state index contributed by atoms with van der Waals surface area (Å²) in [5.74, 6) is -0.0750. The van der Waals surface area contributed by atoms with E-state index in [1.54, 1.807) is 12.2 Å². The zero-order chi connectivity index (χ0) is 18.1. The second-order valence-corrected chi connectivity index (χ2v) is 6.05. The number of carbonyl (C=O) groups excluding carboxylic acids is 1. The first-order chi connectivity index (χ1) is 11.4. The minimum Gasteiger partial charge on any atom is -0.468 e. The number of rotatable bonds is 8. The minimum absolute atomic E-state index is 0.162. The summed E-state index contributed by atoms with van der Waals surface area (Å²) < 4.78 is 4.83. The third-order valence-corrected chi connectivity index (χ3v) is 4.02. The zero-order valence-corrected chi connectivity index (χ0v) is 14.8. The van der Waals surface area contributed by atoms with E-state index in [9.17, 15) is 4.79 Å². The van der Waals surface area contributed by atoms with Gasteiger partial charge in [0, 0.05) is 6.54 Å². The number of ether oxygens (including phenoxy) is 1. The Morgan fingerprint density at radius 3 is 2.62 bits per heavy atom. The molecular weight excluding hydrogens is 300 g/mol. The lowest BCUT2D eigenvalue weighted by Crippen LogP contribution is -2.42. The Morgan fingerprint density at radius 2 is 2.17 bits per heavy atom. The molecule has 1 atom stereocenters. The SMILES string of the molecule is C=C/C=C(/C#N)C(=C)C1=CC=C(CNC(C(=O)OC)C(C)C)CC1. The molecular formula is C20H26N2O2. The van der Waals surface area contributed by atoms with Crippen LogP contribution in [-0.4, -0.2) is 25.7 Å². The number of allylic oxidation sites excluding steroid dienone is 7. The van der Waals surface area contributed by atoms with E-state index in [2.05, 4.69) is 24.5 Å². The van der Waals surface area contributed by atoms with Crippen molar-refractivity contribution in [3.63, 3.8) is 0 Å². The van der Waals surface area contributed by atoms with E-state index in [0.29, 0.717) is 12.1 Å². The Balaban J connectivity index is 2.74. The first kappa shape index (κ1) is 19.7. The fourth-order valence-electron chi connectivity index (χ4n) is 2.53. The van der Waals surface area contributed by atoms with Gasteiger partial charge in [-0.1, -0.05) is 50.8 Å². The standard InChI is InChI=1S/C20H26N2O2/c1-6-7-18(12-21)15(4)17-10-8-16(9-11-17)13-22-19(14(2)3)20(23)24-5/h6-8,10,14,19,22H,1,4,9,11,13H2,2-3,5H3/b18-7-. The molecule has 0 aromatic heterocycles. The number of hydrogen-bond donors (Lipinski definition) is 1. The highest BCUT2D eigenvalue weighted by atomic mass is 16.5. The van der Waals surface area contributed by atoms with Crippen LogP contribution in [0.15, 0.2) is 59.8 Å². The van der Waals surface area contributed by atoms with Gasteiger partial charge in [0.1, 0.15) is 6.04 Å². The molecule has 0 aliphatic heterocycles. The second kappa shape index (κ2) is 9.69. The second-order valence-electron chi connectivity index (χ2n) is 6.05. The maximum atomic E-state index is 11.8. The van der Waals surface area contributed by atoms with Crippen molar-refractivity contribution < 1.29 is 9.53 Å². The van der Waals surface area contributed by atoms with Crippen molar-refractivity contribution >= 4 is 5.97 Å². The molecule has 0 fully saturated rings. The van der Waals surface area contributed by atoms with Crippen molar-refractivity contribution in [3.8, 4) is 6.07 Å². The van der Waals surface area contributed by atoms with Gasteiger partial charge in [-0.05, 0) is 36.0 Å². The molecule has 1 unspecified atom stereocenters. The number of hydrogen-bond acceptors (Lipinski definition) is 4. The van der Waals surface area contributed by atoms with Crippen LogP contribution in [0.25, 0.3) is 0 Å². The highest BCUT2D eigenvalue weighted by molar-refractivity contribution is 5.76. The number of methoxy groups -OCH3 is 1. The fourth-order valence-corrected chi connectivity index (χ4v) is 2.53. The van der Waals surface area contributed by atoms with Crippen LogP contribution < -0.4 is 5.32 Å². The Labute approximate surface area is 144 Å². The summed E-state index contributed by atoms with van der Waals surface area (Å²) in [6.07, 6.45) is 9.00. The smallest absolute Gasteiger partial charge is 0.323 e. The van der Waals surface area contributed by atoms with Gasteiger partial charge in [-0.2, -0.15) is 5.26 Å². The summed E-state index contributed by atoms with van der Waals surface area (Å²) >= 11 is 0. The third-order valence-electron chi connectivity index (χ3n) is 4.02. The van der Waals surface area contributed by atoms with Crippen LogP contribution in [0.2, 0.25) is 0 Å². The van der Waals surface area contributed by atoms with E-state index in [0.717, 1.165) is 24.0 Å². The molecule has 0 saturated carbocycles. The van der Waals surface area contributed by atoms with Crippen molar-refractivity contribution in [1.82, 2.24) is 5.32 Å². The molecule has 0 bridgehead atoms. The molecule has 0 saturated heterocycles. The molecule has 1 rings (SSSR count). The summed E-state index contributed by atoms with van der Waals surface area (Å²) in [5, 5.41) is 12.4. The molecule has 0 aromatic rings. The minimum atomic E-state index is -0.308. The van der Waals surface area contributed by atoms with Gasteiger partial charge in [0.05, 0.1) is 18.8 Å². The molecule has 0 aromatic carbocycles. The van der Waals surface area contributed by atoms with Crippen LogP contribution in [0.4, 0.5) is 0 Å². The van der Waals surface area contributed by atoms with Crippen LogP contribution in [0.1, 0.15) is 26.7 Å². The van der Waals surface area contributed by atoms with Crippen molar-refractivity contribution in [2.75, 3.05) is 13.7 Å². The van der Waals surface area contributed by atoms with Crippen LogP contribution >= 0.6 is 0 Å². The molecule has 0 radical (unpaired) electrons. The molecule has 0 spiro atoms. The predicted molar refractivity (Wildman–Crippen MR) is 97.1 cm³/mol. The molecule has 1 N–H and O–H groups in total. The monoisotopic (exact) mass is 326 g/mol. The predicted octanol–water partition coefficient (Wildman–Crippen LogP) is 3.61. The molecule has 4 nitrogen and oxygen atoms in total. The van der Waals surface area contributed by atoms with Gasteiger partial charge < -0.3 is 10.1 Å². The summed E-state index contributed by atoms with van der Waals surface area (Å²) in [6.45, 7) is 12.2. The van der Waals surface area contributed by atoms with Crippen molar-refractivity contribution in [3.05, 3.63) is 59.8 Å². The number of carbonyl (C=O) groups is 1. The van der Waals surface area contributed by atoms with Gasteiger partial charge in [-0.25, -0.2) is 0 Å². The number of nitriles is 1. The van der Waals surface area contributed by atoms with Gasteiger partial charge in [0.15, 0.2) is 0 Å². The Hall–Kier alpha value is -2.38. The summed E-state index contributed by atoms with van der Waals surface area (Å²) in [7, 11) is 1.41. The van der Waals surface area contributed by atoms with Crippen LogP contribution in [0, 0.1) is 17.2 Å². The number of nitrogens with zero attached hydrogens (tertiary/aromatic N) is 1. The lowest BCUT2D eigenvalue weighted by atomic mass is 9.90. The Morgan fingerprint density at radius 1 is 1.46 bits per heavy atom. The molecule has 24 heavy (non-hydrogen) atoms. The highest BCUT2D eigenvalue weighted by Gasteiger charge is 2.22. The molecule has 0 heterocycles. The lowest BCUT2D eigenvalue weighted by molar-refractivity contribution is -0.144. The summed E-state index contributed by atoms with van der Waals surface area (Å²) in [5.41, 5.74) is 3.56. The van der Waals surface area contributed by atoms with Gasteiger partial charge in [0.2, 0.25) is 0 Å². The molecule has 4 heteroatoms. The topological polar surface area (TPSA) is 62.1 Å². The molecule has 128 valence electrons. The van der Waals surface area contributed by atoms with Crippen LogP contribution in [0.5, 0.6) is 0 Å². The molecule has 1 aliphatic rings. The first-order valence-corrected chi connectivity index (χ1v) is 8.06. The Kier molecular flexibility index (Phi) is 7.94. The zero-order valence-electron chi connectivity index (χ0n) is 14.8. The van der Waals surface area contributed by atoms with Gasteiger partial charge in [-0.15, -0.1) is 0 Å². The van der Waals surface area contributed by atoms with E-state index < -0.39 is 0 Å². The maximum Gasteiger partial charge on any atom is 0.323 e. The highest BCUT2D eigenvalue weighted by Crippen LogP contribution is 2.27. The lowest BCUT2D eigenvalue weighted by Gasteiger charge is -2.22. The van der Waals surface area contributed by atoms with E-state index in [1.807, 2.05) is 26.0 Å². The van der Waals surface area contributed by atoms with Crippen molar-refractivity contribution in [2.24, 2.45) is 5.92 Å². The number of nitrogens with one attached hydrogen (secondary N) is 1. The van der Waals surface area contributed by atoms with Gasteiger partial charge in [0.25, 0.3) is 0 Å². The fraction of sp³-hybridized carbons (Fsp3) is 0.400. The summed E-state index contributed by atoms with van der Waals surface area (Å²) in [6, 6.07) is 1.84. The van der Waals surface area contributed by atoms with Gasteiger partial charge >= 0.3 is 5.97 Å². The first-order valence-electron chi connectivity index (χ1n) is 8.06. The summed E-state index contributed by atoms with van der Waals surface area (Å²) in [4.78, 5) is 11.8. The maximum absolute atomic E-state index is 11.8. The van der Waals surface area contributed by atoms with Gasteiger partial charge in [-0.3, -0.25) is 4.79 Å². The Bertz CT molecular complexity index is 631. The van der Waals surface area contributed by atoms with Crippen molar-refractivity contribution in [2.45, 2.75) is 32.7 Å². The average molecular weight is 326 g/mol. The van der Waals surface area contributed by atoms with Crippen LogP contribution in [0.3, 0.4) is 0 Å². The molecule has 1 aliphatic carbocycles.